The number of pyridine rings is 1. The van der Waals surface area contributed by atoms with Gasteiger partial charge in [-0.25, -0.2) is 4.39 Å². The summed E-state index contributed by atoms with van der Waals surface area (Å²) < 4.78 is 14.0. The van der Waals surface area contributed by atoms with Crippen molar-refractivity contribution in [1.82, 2.24) is 4.98 Å². The molecule has 29 heavy (non-hydrogen) atoms. The predicted molar refractivity (Wildman–Crippen MR) is 107 cm³/mol. The van der Waals surface area contributed by atoms with Crippen molar-refractivity contribution in [2.75, 3.05) is 4.90 Å². The second-order valence-corrected chi connectivity index (χ2v) is 6.80. The Bertz CT molecular complexity index is 1120. The van der Waals surface area contributed by atoms with Crippen LogP contribution in [-0.4, -0.2) is 21.8 Å². The van der Waals surface area contributed by atoms with E-state index in [1.165, 1.54) is 29.3 Å². The van der Waals surface area contributed by atoms with Gasteiger partial charge in [0.1, 0.15) is 11.6 Å². The summed E-state index contributed by atoms with van der Waals surface area (Å²) in [5.74, 6) is -2.44. The number of aromatic nitrogens is 1. The van der Waals surface area contributed by atoms with Crippen molar-refractivity contribution in [3.05, 3.63) is 101 Å². The molecular weight excluding hydrogens is 371 g/mol. The maximum absolute atomic E-state index is 14.0. The molecule has 0 bridgehead atoms. The third kappa shape index (κ3) is 3.29. The van der Waals surface area contributed by atoms with Gasteiger partial charge in [0, 0.05) is 11.8 Å². The Morgan fingerprint density at radius 3 is 2.48 bits per heavy atom. The number of carbonyl (C=O) groups is 2. The maximum atomic E-state index is 14.0. The Kier molecular flexibility index (Phi) is 4.68. The summed E-state index contributed by atoms with van der Waals surface area (Å²) in [6, 6.07) is 14.9. The van der Waals surface area contributed by atoms with E-state index >= 15 is 0 Å². The number of aryl methyl sites for hydroxylation is 1. The third-order valence-electron chi connectivity index (χ3n) is 4.86. The smallest absolute Gasteiger partial charge is 0.300 e. The number of hydrogen-bond acceptors (Lipinski definition) is 4. The van der Waals surface area contributed by atoms with E-state index < -0.39 is 23.5 Å². The lowest BCUT2D eigenvalue weighted by Gasteiger charge is -2.25. The first-order valence-electron chi connectivity index (χ1n) is 9.01. The summed E-state index contributed by atoms with van der Waals surface area (Å²) in [7, 11) is 0. The number of ketones is 1. The molecule has 1 saturated heterocycles. The first kappa shape index (κ1) is 18.6. The van der Waals surface area contributed by atoms with Crippen LogP contribution in [0, 0.1) is 12.7 Å². The van der Waals surface area contributed by atoms with Gasteiger partial charge in [-0.3, -0.25) is 19.5 Å². The van der Waals surface area contributed by atoms with Crippen molar-refractivity contribution >= 4 is 23.1 Å². The van der Waals surface area contributed by atoms with E-state index in [4.69, 9.17) is 0 Å². The Hall–Kier alpha value is -3.80. The molecule has 0 aliphatic carbocycles. The van der Waals surface area contributed by atoms with E-state index in [1.807, 2.05) is 6.92 Å². The lowest BCUT2D eigenvalue weighted by atomic mass is 9.95. The Balaban J connectivity index is 1.95. The van der Waals surface area contributed by atoms with E-state index in [1.54, 1.807) is 48.7 Å². The molecular formula is C23H17FN2O3. The highest BCUT2D eigenvalue weighted by Gasteiger charge is 2.47. The van der Waals surface area contributed by atoms with E-state index in [2.05, 4.69) is 4.98 Å². The molecule has 6 heteroatoms. The fourth-order valence-corrected chi connectivity index (χ4v) is 3.45. The zero-order valence-electron chi connectivity index (χ0n) is 15.5. The molecule has 2 heterocycles. The summed E-state index contributed by atoms with van der Waals surface area (Å²) in [6.07, 6.45) is 2.99. The second kappa shape index (κ2) is 7.31. The van der Waals surface area contributed by atoms with Crippen LogP contribution in [0.15, 0.2) is 78.6 Å². The highest BCUT2D eigenvalue weighted by molar-refractivity contribution is 6.51. The standard InChI is InChI=1S/C23H17FN2O3/c1-14-7-9-15(10-8-14)21(27)19-20(16-4-2-5-17(24)12-16)26(23(29)22(19)28)18-6-3-11-25-13-18/h2-13,20,27H,1H3/t20-/m0/s1. The van der Waals surface area contributed by atoms with Gasteiger partial charge in [0.05, 0.1) is 23.5 Å². The molecule has 1 aliphatic heterocycles. The zero-order valence-corrected chi connectivity index (χ0v) is 15.5. The van der Waals surface area contributed by atoms with E-state index in [0.29, 0.717) is 16.8 Å². The van der Waals surface area contributed by atoms with Crippen molar-refractivity contribution in [3.63, 3.8) is 0 Å². The summed E-state index contributed by atoms with van der Waals surface area (Å²) in [4.78, 5) is 31.1. The van der Waals surface area contributed by atoms with E-state index in [0.717, 1.165) is 5.56 Å². The van der Waals surface area contributed by atoms with Crippen LogP contribution in [0.4, 0.5) is 10.1 Å². The normalized spacial score (nSPS) is 18.3. The Morgan fingerprint density at radius 1 is 1.07 bits per heavy atom. The number of benzene rings is 2. The van der Waals surface area contributed by atoms with Crippen LogP contribution in [-0.2, 0) is 9.59 Å². The van der Waals surface area contributed by atoms with Crippen LogP contribution in [0.3, 0.4) is 0 Å². The third-order valence-corrected chi connectivity index (χ3v) is 4.86. The minimum absolute atomic E-state index is 0.0895. The summed E-state index contributed by atoms with van der Waals surface area (Å²) in [6.45, 7) is 1.90. The van der Waals surface area contributed by atoms with Gasteiger partial charge < -0.3 is 5.11 Å². The van der Waals surface area contributed by atoms with Crippen molar-refractivity contribution in [2.45, 2.75) is 13.0 Å². The lowest BCUT2D eigenvalue weighted by molar-refractivity contribution is -0.132. The number of halogens is 1. The van der Waals surface area contributed by atoms with Crippen LogP contribution in [0.5, 0.6) is 0 Å². The van der Waals surface area contributed by atoms with Gasteiger partial charge in [0.25, 0.3) is 11.7 Å². The topological polar surface area (TPSA) is 70.5 Å². The van der Waals surface area contributed by atoms with Gasteiger partial charge in [-0.1, -0.05) is 42.0 Å². The van der Waals surface area contributed by atoms with Crippen LogP contribution >= 0.6 is 0 Å². The molecule has 0 unspecified atom stereocenters. The molecule has 144 valence electrons. The minimum atomic E-state index is -0.976. The summed E-state index contributed by atoms with van der Waals surface area (Å²) >= 11 is 0. The van der Waals surface area contributed by atoms with Gasteiger partial charge in [0.15, 0.2) is 0 Å². The molecule has 0 saturated carbocycles. The molecule has 1 aromatic heterocycles. The van der Waals surface area contributed by atoms with Crippen molar-refractivity contribution in [1.29, 1.82) is 0 Å². The first-order valence-corrected chi connectivity index (χ1v) is 9.01. The SMILES string of the molecule is Cc1ccc(C(O)=C2C(=O)C(=O)N(c3cccnc3)[C@H]2c2cccc(F)c2)cc1. The largest absolute Gasteiger partial charge is 0.507 e. The van der Waals surface area contributed by atoms with E-state index in [9.17, 15) is 19.1 Å². The van der Waals surface area contributed by atoms with Gasteiger partial charge in [-0.15, -0.1) is 0 Å². The molecule has 1 atom stereocenters. The second-order valence-electron chi connectivity index (χ2n) is 6.80. The van der Waals surface area contributed by atoms with Crippen LogP contribution in [0.25, 0.3) is 5.76 Å². The lowest BCUT2D eigenvalue weighted by Crippen LogP contribution is -2.29. The number of anilines is 1. The molecule has 3 aromatic rings. The first-order chi connectivity index (χ1) is 14.0. The average molecular weight is 388 g/mol. The molecule has 1 fully saturated rings. The van der Waals surface area contributed by atoms with Crippen molar-refractivity contribution in [3.8, 4) is 0 Å². The highest BCUT2D eigenvalue weighted by atomic mass is 19.1. The Morgan fingerprint density at radius 2 is 1.83 bits per heavy atom. The molecule has 4 rings (SSSR count). The van der Waals surface area contributed by atoms with Gasteiger partial charge in [-0.2, -0.15) is 0 Å². The van der Waals surface area contributed by atoms with Crippen molar-refractivity contribution in [2.24, 2.45) is 0 Å². The number of hydrogen-bond donors (Lipinski definition) is 1. The molecule has 5 nitrogen and oxygen atoms in total. The summed E-state index contributed by atoms with van der Waals surface area (Å²) in [5, 5.41) is 10.9. The van der Waals surface area contributed by atoms with Gasteiger partial charge in [-0.05, 0) is 36.8 Å². The number of aliphatic hydroxyl groups is 1. The molecule has 0 spiro atoms. The molecule has 1 amide bonds. The summed E-state index contributed by atoms with van der Waals surface area (Å²) in [5.41, 5.74) is 2.06. The number of carbonyl (C=O) groups excluding carboxylic acids is 2. The number of aliphatic hydroxyl groups excluding tert-OH is 1. The van der Waals surface area contributed by atoms with E-state index in [-0.39, 0.29) is 11.3 Å². The highest BCUT2D eigenvalue weighted by Crippen LogP contribution is 2.41. The zero-order chi connectivity index (χ0) is 20.5. The van der Waals surface area contributed by atoms with Gasteiger partial charge >= 0.3 is 0 Å². The number of rotatable bonds is 3. The monoisotopic (exact) mass is 388 g/mol. The fourth-order valence-electron chi connectivity index (χ4n) is 3.45. The molecule has 2 aromatic carbocycles. The molecule has 1 N–H and O–H groups in total. The predicted octanol–water partition coefficient (Wildman–Crippen LogP) is 4.16. The van der Waals surface area contributed by atoms with Crippen LogP contribution < -0.4 is 4.90 Å². The fraction of sp³-hybridized carbons (Fsp3) is 0.0870. The average Bonchev–Trinajstić information content (AvgIpc) is 2.99. The Labute approximate surface area is 166 Å². The van der Waals surface area contributed by atoms with Crippen LogP contribution in [0.2, 0.25) is 0 Å². The van der Waals surface area contributed by atoms with Gasteiger partial charge in [0.2, 0.25) is 0 Å². The number of amides is 1. The van der Waals surface area contributed by atoms with Crippen LogP contribution in [0.1, 0.15) is 22.7 Å². The molecule has 0 radical (unpaired) electrons. The number of Topliss-reactive ketones (excluding diaryl/α,β-unsaturated/α-hetero) is 1. The number of nitrogens with zero attached hydrogens (tertiary/aromatic N) is 2. The quantitative estimate of drug-likeness (QED) is 0.416. The minimum Gasteiger partial charge on any atom is -0.507 e. The maximum Gasteiger partial charge on any atom is 0.300 e. The molecule has 1 aliphatic rings. The van der Waals surface area contributed by atoms with Crippen molar-refractivity contribution < 1.29 is 19.1 Å².